The van der Waals surface area contributed by atoms with Gasteiger partial charge < -0.3 is 5.11 Å². The lowest BCUT2D eigenvalue weighted by Crippen LogP contribution is -2.01. The second-order valence-corrected chi connectivity index (χ2v) is 4.03. The molecule has 0 aliphatic carbocycles. The van der Waals surface area contributed by atoms with Crippen molar-refractivity contribution < 1.29 is 5.11 Å². The van der Waals surface area contributed by atoms with Gasteiger partial charge in [0.25, 0.3) is 0 Å². The fourth-order valence-corrected chi connectivity index (χ4v) is 1.58. The number of unbranched alkanes of at least 4 members (excludes halogenated alkanes) is 1. The third-order valence-electron chi connectivity index (χ3n) is 2.45. The minimum absolute atomic E-state index is 0.226. The number of nitrogens with zero attached hydrogens (tertiary/aromatic N) is 2. The Kier molecular flexibility index (Phi) is 3.55. The summed E-state index contributed by atoms with van der Waals surface area (Å²) in [7, 11) is 0. The number of aromatic nitrogens is 2. The summed E-state index contributed by atoms with van der Waals surface area (Å²) < 4.78 is 1.69. The van der Waals surface area contributed by atoms with Crippen molar-refractivity contribution in [3.8, 4) is 5.88 Å². The molecule has 0 atom stereocenters. The van der Waals surface area contributed by atoms with Crippen LogP contribution in [0.5, 0.6) is 5.88 Å². The summed E-state index contributed by atoms with van der Waals surface area (Å²) in [4.78, 5) is 0. The van der Waals surface area contributed by atoms with Crippen molar-refractivity contribution in [3.05, 3.63) is 11.3 Å². The van der Waals surface area contributed by atoms with E-state index in [1.165, 1.54) is 0 Å². The maximum absolute atomic E-state index is 9.91. The topological polar surface area (TPSA) is 38.0 Å². The van der Waals surface area contributed by atoms with Crippen LogP contribution < -0.4 is 0 Å². The Labute approximate surface area is 85.8 Å². The van der Waals surface area contributed by atoms with Crippen LogP contribution in [0, 0.1) is 6.92 Å². The molecule has 0 bridgehead atoms. The van der Waals surface area contributed by atoms with E-state index in [0.29, 0.717) is 5.88 Å². The maximum atomic E-state index is 9.91. The SMILES string of the molecule is CCCCc1c(C)nn(C(C)C)c1O. The first-order valence-electron chi connectivity index (χ1n) is 5.34. The molecular formula is C11H20N2O. The van der Waals surface area contributed by atoms with E-state index in [9.17, 15) is 5.11 Å². The molecule has 0 aromatic carbocycles. The van der Waals surface area contributed by atoms with Crippen LogP contribution in [0.2, 0.25) is 0 Å². The second-order valence-electron chi connectivity index (χ2n) is 4.03. The van der Waals surface area contributed by atoms with E-state index in [2.05, 4.69) is 12.0 Å². The molecule has 0 saturated heterocycles. The van der Waals surface area contributed by atoms with Gasteiger partial charge in [-0.25, -0.2) is 4.68 Å². The molecule has 3 nitrogen and oxygen atoms in total. The molecule has 0 fully saturated rings. The monoisotopic (exact) mass is 196 g/mol. The Morgan fingerprint density at radius 2 is 2.07 bits per heavy atom. The molecule has 3 heteroatoms. The molecule has 0 saturated carbocycles. The highest BCUT2D eigenvalue weighted by Gasteiger charge is 2.14. The number of hydrogen-bond donors (Lipinski definition) is 1. The summed E-state index contributed by atoms with van der Waals surface area (Å²) in [5.41, 5.74) is 1.98. The van der Waals surface area contributed by atoms with Crippen LogP contribution in [-0.4, -0.2) is 14.9 Å². The molecule has 0 spiro atoms. The molecule has 0 radical (unpaired) electrons. The van der Waals surface area contributed by atoms with Gasteiger partial charge >= 0.3 is 0 Å². The summed E-state index contributed by atoms with van der Waals surface area (Å²) >= 11 is 0. The Hall–Kier alpha value is -0.990. The van der Waals surface area contributed by atoms with E-state index < -0.39 is 0 Å². The van der Waals surface area contributed by atoms with Crippen molar-refractivity contribution in [1.82, 2.24) is 9.78 Å². The third-order valence-corrected chi connectivity index (χ3v) is 2.45. The molecule has 0 unspecified atom stereocenters. The van der Waals surface area contributed by atoms with Gasteiger partial charge in [-0.2, -0.15) is 5.10 Å². The van der Waals surface area contributed by atoms with Gasteiger partial charge in [0.2, 0.25) is 5.88 Å². The zero-order valence-corrected chi connectivity index (χ0v) is 9.54. The van der Waals surface area contributed by atoms with E-state index in [-0.39, 0.29) is 6.04 Å². The van der Waals surface area contributed by atoms with Crippen molar-refractivity contribution in [2.75, 3.05) is 0 Å². The van der Waals surface area contributed by atoms with Crippen molar-refractivity contribution in [2.45, 2.75) is 53.0 Å². The molecule has 0 amide bonds. The van der Waals surface area contributed by atoms with E-state index in [0.717, 1.165) is 30.5 Å². The fraction of sp³-hybridized carbons (Fsp3) is 0.727. The number of aryl methyl sites for hydroxylation is 1. The van der Waals surface area contributed by atoms with Gasteiger partial charge in [0.05, 0.1) is 11.7 Å². The normalized spacial score (nSPS) is 11.2. The second kappa shape index (κ2) is 4.49. The predicted octanol–water partition coefficient (Wildman–Crippen LogP) is 2.82. The average Bonchev–Trinajstić information content (AvgIpc) is 2.40. The van der Waals surface area contributed by atoms with Gasteiger partial charge in [-0.1, -0.05) is 13.3 Å². The summed E-state index contributed by atoms with van der Waals surface area (Å²) in [6.07, 6.45) is 3.19. The van der Waals surface area contributed by atoms with Crippen LogP contribution in [0.15, 0.2) is 0 Å². The highest BCUT2D eigenvalue weighted by molar-refractivity contribution is 5.30. The Morgan fingerprint density at radius 1 is 1.43 bits per heavy atom. The summed E-state index contributed by atoms with van der Waals surface area (Å²) in [6.45, 7) is 8.16. The molecule has 0 aliphatic rings. The van der Waals surface area contributed by atoms with Crippen LogP contribution >= 0.6 is 0 Å². The minimum Gasteiger partial charge on any atom is -0.493 e. The number of aromatic hydroxyl groups is 1. The molecule has 1 N–H and O–H groups in total. The smallest absolute Gasteiger partial charge is 0.213 e. The summed E-state index contributed by atoms with van der Waals surface area (Å²) in [5, 5.41) is 14.2. The fourth-order valence-electron chi connectivity index (χ4n) is 1.58. The quantitative estimate of drug-likeness (QED) is 0.804. The highest BCUT2D eigenvalue weighted by atomic mass is 16.3. The van der Waals surface area contributed by atoms with Gasteiger partial charge in [-0.3, -0.25) is 0 Å². The molecule has 14 heavy (non-hydrogen) atoms. The van der Waals surface area contributed by atoms with Gasteiger partial charge in [0.15, 0.2) is 0 Å². The Morgan fingerprint density at radius 3 is 2.50 bits per heavy atom. The van der Waals surface area contributed by atoms with E-state index >= 15 is 0 Å². The lowest BCUT2D eigenvalue weighted by molar-refractivity contribution is 0.373. The zero-order chi connectivity index (χ0) is 10.7. The third kappa shape index (κ3) is 2.08. The first-order valence-corrected chi connectivity index (χ1v) is 5.34. The van der Waals surface area contributed by atoms with Gasteiger partial charge in [0, 0.05) is 5.56 Å². The lowest BCUT2D eigenvalue weighted by atomic mass is 10.1. The summed E-state index contributed by atoms with van der Waals surface area (Å²) in [5.74, 6) is 0.353. The predicted molar refractivity (Wildman–Crippen MR) is 57.6 cm³/mol. The van der Waals surface area contributed by atoms with Crippen LogP contribution in [0.4, 0.5) is 0 Å². The first-order chi connectivity index (χ1) is 6.57. The van der Waals surface area contributed by atoms with Gasteiger partial charge in [-0.05, 0) is 33.6 Å². The molecule has 1 aromatic rings. The number of hydrogen-bond acceptors (Lipinski definition) is 2. The molecule has 0 aliphatic heterocycles. The van der Waals surface area contributed by atoms with Crippen molar-refractivity contribution in [1.29, 1.82) is 0 Å². The molecular weight excluding hydrogens is 176 g/mol. The molecule has 1 aromatic heterocycles. The number of rotatable bonds is 4. The van der Waals surface area contributed by atoms with E-state index in [4.69, 9.17) is 0 Å². The highest BCUT2D eigenvalue weighted by Crippen LogP contribution is 2.25. The van der Waals surface area contributed by atoms with E-state index in [1.807, 2.05) is 20.8 Å². The van der Waals surface area contributed by atoms with Crippen LogP contribution in [0.25, 0.3) is 0 Å². The first kappa shape index (κ1) is 11.1. The van der Waals surface area contributed by atoms with Gasteiger partial charge in [0.1, 0.15) is 0 Å². The average molecular weight is 196 g/mol. The molecule has 1 rings (SSSR count). The maximum Gasteiger partial charge on any atom is 0.213 e. The van der Waals surface area contributed by atoms with Gasteiger partial charge in [-0.15, -0.1) is 0 Å². The lowest BCUT2D eigenvalue weighted by Gasteiger charge is -2.06. The molecule has 1 heterocycles. The van der Waals surface area contributed by atoms with Crippen molar-refractivity contribution in [2.24, 2.45) is 0 Å². The standard InChI is InChI=1S/C11H20N2O/c1-5-6-7-10-9(4)12-13(8(2)3)11(10)14/h8,14H,5-7H2,1-4H3. The minimum atomic E-state index is 0.226. The summed E-state index contributed by atoms with van der Waals surface area (Å²) in [6, 6.07) is 0.226. The Balaban J connectivity index is 2.93. The van der Waals surface area contributed by atoms with E-state index in [1.54, 1.807) is 4.68 Å². The zero-order valence-electron chi connectivity index (χ0n) is 9.54. The van der Waals surface area contributed by atoms with Crippen molar-refractivity contribution >= 4 is 0 Å². The molecule has 80 valence electrons. The van der Waals surface area contributed by atoms with Crippen LogP contribution in [0.3, 0.4) is 0 Å². The van der Waals surface area contributed by atoms with Crippen LogP contribution in [-0.2, 0) is 6.42 Å². The largest absolute Gasteiger partial charge is 0.493 e. The van der Waals surface area contributed by atoms with Crippen LogP contribution in [0.1, 0.15) is 50.9 Å². The van der Waals surface area contributed by atoms with Crippen molar-refractivity contribution in [3.63, 3.8) is 0 Å². The Bertz CT molecular complexity index is 302.